The molecule has 7 nitrogen and oxygen atoms in total. The van der Waals surface area contributed by atoms with Gasteiger partial charge in [0.25, 0.3) is 5.91 Å². The summed E-state index contributed by atoms with van der Waals surface area (Å²) in [6.07, 6.45) is 3.31. The van der Waals surface area contributed by atoms with Gasteiger partial charge in [0.05, 0.1) is 6.20 Å². The molecule has 0 atom stereocenters. The highest BCUT2D eigenvalue weighted by Gasteiger charge is 2.17. The summed E-state index contributed by atoms with van der Waals surface area (Å²) in [6, 6.07) is 4.61. The van der Waals surface area contributed by atoms with E-state index in [1.165, 1.54) is 10.7 Å². The summed E-state index contributed by atoms with van der Waals surface area (Å²) >= 11 is 0. The molecule has 0 aliphatic carbocycles. The molecule has 0 N–H and O–H groups in total. The minimum absolute atomic E-state index is 0.0923. The number of aryl methyl sites for hydroxylation is 1. The predicted octanol–water partition coefficient (Wildman–Crippen LogP) is 2.99. The zero-order valence-corrected chi connectivity index (χ0v) is 15.9. The molecule has 2 heterocycles. The number of ether oxygens (including phenoxy) is 1. The summed E-state index contributed by atoms with van der Waals surface area (Å²) in [5.74, 6) is -1.83. The molecule has 0 aliphatic heterocycles. The third-order valence-electron chi connectivity index (χ3n) is 4.36. The third kappa shape index (κ3) is 4.19. The number of aromatic nitrogens is 4. The molecular weight excluding hydrogens is 368 g/mol. The Bertz CT molecular complexity index is 983. The summed E-state index contributed by atoms with van der Waals surface area (Å²) in [7, 11) is 1.69. The summed E-state index contributed by atoms with van der Waals surface area (Å²) < 4.78 is 35.0. The maximum atomic E-state index is 13.6. The van der Waals surface area contributed by atoms with Gasteiger partial charge in [-0.3, -0.25) is 9.48 Å². The Morgan fingerprint density at radius 1 is 1.29 bits per heavy atom. The van der Waals surface area contributed by atoms with Crippen molar-refractivity contribution < 1.29 is 18.3 Å². The second-order valence-electron chi connectivity index (χ2n) is 6.32. The molecule has 9 heteroatoms. The molecule has 3 aromatic rings. The molecule has 0 unspecified atom stereocenters. The molecule has 1 amide bonds. The Morgan fingerprint density at radius 2 is 2.07 bits per heavy atom. The fourth-order valence-corrected chi connectivity index (χ4v) is 2.76. The fraction of sp³-hybridized carbons (Fsp3) is 0.316. The van der Waals surface area contributed by atoms with Crippen molar-refractivity contribution in [3.05, 3.63) is 65.2 Å². The van der Waals surface area contributed by atoms with Gasteiger partial charge in [-0.15, -0.1) is 0 Å². The van der Waals surface area contributed by atoms with Crippen molar-refractivity contribution >= 4 is 5.91 Å². The van der Waals surface area contributed by atoms with Gasteiger partial charge in [-0.25, -0.2) is 13.5 Å². The standard InChI is InChI=1S/C19H21F2N5O2/c1-4-26-13(2)14(10-22-26)11-24(3)19(27)17-7-8-25(23-17)12-28-18-6-5-15(20)9-16(18)21/h5-10H,4,11-12H2,1-3H3. The highest BCUT2D eigenvalue weighted by molar-refractivity contribution is 5.91. The summed E-state index contributed by atoms with van der Waals surface area (Å²) in [6.45, 7) is 5.04. The minimum atomic E-state index is -0.800. The molecule has 0 bridgehead atoms. The van der Waals surface area contributed by atoms with E-state index in [4.69, 9.17) is 4.74 Å². The molecule has 0 aliphatic rings. The number of halogens is 2. The monoisotopic (exact) mass is 389 g/mol. The van der Waals surface area contributed by atoms with Crippen molar-refractivity contribution in [1.82, 2.24) is 24.5 Å². The average molecular weight is 389 g/mol. The molecule has 0 saturated carbocycles. The summed E-state index contributed by atoms with van der Waals surface area (Å²) in [5, 5.41) is 8.44. The van der Waals surface area contributed by atoms with Crippen LogP contribution in [0, 0.1) is 18.6 Å². The quantitative estimate of drug-likeness (QED) is 0.623. The van der Waals surface area contributed by atoms with Crippen LogP contribution in [0.3, 0.4) is 0 Å². The summed E-state index contributed by atoms with van der Waals surface area (Å²) in [4.78, 5) is 14.1. The lowest BCUT2D eigenvalue weighted by molar-refractivity contribution is 0.0777. The molecule has 2 aromatic heterocycles. The Labute approximate surface area is 161 Å². The van der Waals surface area contributed by atoms with Crippen molar-refractivity contribution in [2.24, 2.45) is 0 Å². The van der Waals surface area contributed by atoms with Crippen molar-refractivity contribution in [3.8, 4) is 5.75 Å². The molecule has 1 aromatic carbocycles. The Balaban J connectivity index is 1.62. The van der Waals surface area contributed by atoms with Gasteiger partial charge in [-0.2, -0.15) is 10.2 Å². The number of carbonyl (C=O) groups is 1. The molecule has 0 fully saturated rings. The second kappa shape index (κ2) is 8.20. The van der Waals surface area contributed by atoms with E-state index >= 15 is 0 Å². The topological polar surface area (TPSA) is 65.2 Å². The SMILES string of the molecule is CCn1ncc(CN(C)C(=O)c2ccn(COc3ccc(F)cc3F)n2)c1C. The maximum Gasteiger partial charge on any atom is 0.274 e. The summed E-state index contributed by atoms with van der Waals surface area (Å²) in [5.41, 5.74) is 2.22. The van der Waals surface area contributed by atoms with E-state index in [0.717, 1.165) is 29.9 Å². The van der Waals surface area contributed by atoms with Crippen molar-refractivity contribution in [1.29, 1.82) is 0 Å². The van der Waals surface area contributed by atoms with Crippen LogP contribution in [0.15, 0.2) is 36.7 Å². The zero-order valence-electron chi connectivity index (χ0n) is 15.9. The van der Waals surface area contributed by atoms with Crippen LogP contribution in [0.2, 0.25) is 0 Å². The minimum Gasteiger partial charge on any atom is -0.468 e. The van der Waals surface area contributed by atoms with Crippen LogP contribution in [-0.2, 0) is 19.8 Å². The van der Waals surface area contributed by atoms with Gasteiger partial charge in [-0.1, -0.05) is 0 Å². The van der Waals surface area contributed by atoms with Gasteiger partial charge in [0.2, 0.25) is 0 Å². The first-order chi connectivity index (χ1) is 13.4. The maximum absolute atomic E-state index is 13.6. The molecule has 0 spiro atoms. The number of rotatable bonds is 7. The largest absolute Gasteiger partial charge is 0.468 e. The van der Waals surface area contributed by atoms with E-state index < -0.39 is 11.6 Å². The van der Waals surface area contributed by atoms with E-state index in [2.05, 4.69) is 10.2 Å². The van der Waals surface area contributed by atoms with Gasteiger partial charge < -0.3 is 9.64 Å². The van der Waals surface area contributed by atoms with Gasteiger partial charge in [0.1, 0.15) is 5.82 Å². The van der Waals surface area contributed by atoms with Crippen LogP contribution < -0.4 is 4.74 Å². The van der Waals surface area contributed by atoms with Gasteiger partial charge in [0.15, 0.2) is 24.0 Å². The normalized spacial score (nSPS) is 10.9. The lowest BCUT2D eigenvalue weighted by Crippen LogP contribution is -2.27. The first-order valence-electron chi connectivity index (χ1n) is 8.77. The van der Waals surface area contributed by atoms with Crippen LogP contribution in [0.5, 0.6) is 5.75 Å². The number of benzene rings is 1. The number of amides is 1. The van der Waals surface area contributed by atoms with Crippen molar-refractivity contribution in [2.75, 3.05) is 7.05 Å². The predicted molar refractivity (Wildman–Crippen MR) is 97.6 cm³/mol. The van der Waals surface area contributed by atoms with E-state index in [0.29, 0.717) is 6.54 Å². The number of carbonyl (C=O) groups excluding carboxylic acids is 1. The molecule has 28 heavy (non-hydrogen) atoms. The first-order valence-corrected chi connectivity index (χ1v) is 8.77. The van der Waals surface area contributed by atoms with Crippen molar-refractivity contribution in [2.45, 2.75) is 33.7 Å². The first kappa shape index (κ1) is 19.5. The van der Waals surface area contributed by atoms with Crippen LogP contribution in [0.1, 0.15) is 28.7 Å². The molecule has 148 valence electrons. The van der Waals surface area contributed by atoms with E-state index in [9.17, 15) is 13.6 Å². The van der Waals surface area contributed by atoms with Gasteiger partial charge >= 0.3 is 0 Å². The second-order valence-corrected chi connectivity index (χ2v) is 6.32. The van der Waals surface area contributed by atoms with Crippen LogP contribution in [0.25, 0.3) is 0 Å². The highest BCUT2D eigenvalue weighted by Crippen LogP contribution is 2.18. The smallest absolute Gasteiger partial charge is 0.274 e. The van der Waals surface area contributed by atoms with Crippen LogP contribution in [-0.4, -0.2) is 37.4 Å². The fourth-order valence-electron chi connectivity index (χ4n) is 2.76. The molecular formula is C19H21F2N5O2. The van der Waals surface area contributed by atoms with E-state index in [1.54, 1.807) is 30.4 Å². The lowest BCUT2D eigenvalue weighted by atomic mass is 10.2. The molecule has 0 radical (unpaired) electrons. The Hall–Kier alpha value is -3.23. The van der Waals surface area contributed by atoms with Crippen LogP contribution >= 0.6 is 0 Å². The lowest BCUT2D eigenvalue weighted by Gasteiger charge is -2.15. The third-order valence-corrected chi connectivity index (χ3v) is 4.36. The van der Waals surface area contributed by atoms with Crippen molar-refractivity contribution in [3.63, 3.8) is 0 Å². The molecule has 3 rings (SSSR count). The van der Waals surface area contributed by atoms with E-state index in [1.807, 2.05) is 18.5 Å². The number of nitrogens with zero attached hydrogens (tertiary/aromatic N) is 5. The zero-order chi connectivity index (χ0) is 20.3. The average Bonchev–Trinajstić information content (AvgIpc) is 3.27. The number of hydrogen-bond acceptors (Lipinski definition) is 4. The number of hydrogen-bond donors (Lipinski definition) is 0. The van der Waals surface area contributed by atoms with Gasteiger partial charge in [0, 0.05) is 43.7 Å². The molecule has 0 saturated heterocycles. The van der Waals surface area contributed by atoms with E-state index in [-0.39, 0.29) is 24.1 Å². The Morgan fingerprint density at radius 3 is 2.75 bits per heavy atom. The van der Waals surface area contributed by atoms with Crippen LogP contribution in [0.4, 0.5) is 8.78 Å². The van der Waals surface area contributed by atoms with Gasteiger partial charge in [-0.05, 0) is 32.0 Å². The highest BCUT2D eigenvalue weighted by atomic mass is 19.1. The Kier molecular flexibility index (Phi) is 5.72.